The van der Waals surface area contributed by atoms with Crippen LogP contribution >= 0.6 is 0 Å². The Morgan fingerprint density at radius 2 is 1.89 bits per heavy atom. The van der Waals surface area contributed by atoms with Crippen molar-refractivity contribution in [3.05, 3.63) is 42.0 Å². The van der Waals surface area contributed by atoms with Gasteiger partial charge in [0.25, 0.3) is 0 Å². The third-order valence-corrected chi connectivity index (χ3v) is 2.68. The quantitative estimate of drug-likeness (QED) is 0.628. The van der Waals surface area contributed by atoms with E-state index in [0.717, 1.165) is 5.56 Å². The van der Waals surface area contributed by atoms with E-state index in [2.05, 4.69) is 6.58 Å². The van der Waals surface area contributed by atoms with Gasteiger partial charge in [0.15, 0.2) is 0 Å². The van der Waals surface area contributed by atoms with E-state index in [1.54, 1.807) is 31.4 Å². The van der Waals surface area contributed by atoms with E-state index in [1.807, 2.05) is 0 Å². The van der Waals surface area contributed by atoms with Gasteiger partial charge in [0.1, 0.15) is 12.4 Å². The Labute approximate surface area is 111 Å². The molecule has 0 amide bonds. The molecule has 0 aliphatic heterocycles. The summed E-state index contributed by atoms with van der Waals surface area (Å²) in [4.78, 5) is 22.3. The second-order valence-corrected chi connectivity index (χ2v) is 4.01. The normalized spacial score (nSPS) is 11.5. The van der Waals surface area contributed by atoms with E-state index in [0.29, 0.717) is 5.75 Å². The Hall–Kier alpha value is -2.30. The van der Waals surface area contributed by atoms with Crippen LogP contribution in [0.5, 0.6) is 5.75 Å². The highest BCUT2D eigenvalue weighted by atomic mass is 16.5. The molecule has 5 heteroatoms. The highest BCUT2D eigenvalue weighted by molar-refractivity contribution is 5.94. The second-order valence-electron chi connectivity index (χ2n) is 4.01. The van der Waals surface area contributed by atoms with E-state index >= 15 is 0 Å². The van der Waals surface area contributed by atoms with Gasteiger partial charge in [-0.2, -0.15) is 0 Å². The molecule has 1 atom stereocenters. The number of benzene rings is 1. The molecule has 5 nitrogen and oxygen atoms in total. The first-order chi connectivity index (χ1) is 8.95. The van der Waals surface area contributed by atoms with Crippen molar-refractivity contribution >= 4 is 11.9 Å². The van der Waals surface area contributed by atoms with Crippen LogP contribution in [0.25, 0.3) is 0 Å². The smallest absolute Gasteiger partial charge is 0.334 e. The third kappa shape index (κ3) is 4.13. The highest BCUT2D eigenvalue weighted by Gasteiger charge is 2.21. The molecule has 1 aromatic rings. The molecule has 1 aromatic carbocycles. The molecule has 0 spiro atoms. The van der Waals surface area contributed by atoms with Crippen LogP contribution in [0.15, 0.2) is 36.4 Å². The molecule has 0 aromatic heterocycles. The number of carbonyl (C=O) groups is 2. The number of hydrogen-bond acceptors (Lipinski definition) is 4. The van der Waals surface area contributed by atoms with Gasteiger partial charge in [-0.15, -0.1) is 0 Å². The first kappa shape index (κ1) is 14.8. The molecule has 0 fully saturated rings. The SMILES string of the molecule is C=C(C(=O)OCc1ccc(OC)cc1)C(C)C(=O)O. The maximum absolute atomic E-state index is 11.6. The van der Waals surface area contributed by atoms with Crippen molar-refractivity contribution < 1.29 is 24.2 Å². The van der Waals surface area contributed by atoms with Crippen LogP contribution in [0.4, 0.5) is 0 Å². The number of carboxylic acids is 1. The van der Waals surface area contributed by atoms with Crippen LogP contribution in [0.2, 0.25) is 0 Å². The van der Waals surface area contributed by atoms with Crippen LogP contribution < -0.4 is 4.74 Å². The summed E-state index contributed by atoms with van der Waals surface area (Å²) in [6.07, 6.45) is 0. The predicted octanol–water partition coefficient (Wildman–Crippen LogP) is 2.02. The Kier molecular flexibility index (Phi) is 5.11. The molecule has 1 rings (SSSR count). The lowest BCUT2D eigenvalue weighted by molar-refractivity contribution is -0.146. The topological polar surface area (TPSA) is 72.8 Å². The molecular formula is C14H16O5. The van der Waals surface area contributed by atoms with Crippen molar-refractivity contribution in [2.24, 2.45) is 5.92 Å². The first-order valence-electron chi connectivity index (χ1n) is 5.67. The average molecular weight is 264 g/mol. The molecule has 0 saturated carbocycles. The fraction of sp³-hybridized carbons (Fsp3) is 0.286. The minimum atomic E-state index is -1.11. The molecule has 102 valence electrons. The van der Waals surface area contributed by atoms with Gasteiger partial charge < -0.3 is 14.6 Å². The zero-order valence-corrected chi connectivity index (χ0v) is 10.9. The van der Waals surface area contributed by atoms with Crippen molar-refractivity contribution in [1.29, 1.82) is 0 Å². The number of methoxy groups -OCH3 is 1. The van der Waals surface area contributed by atoms with E-state index in [-0.39, 0.29) is 12.2 Å². The summed E-state index contributed by atoms with van der Waals surface area (Å²) >= 11 is 0. The fourth-order valence-electron chi connectivity index (χ4n) is 1.29. The van der Waals surface area contributed by atoms with Crippen molar-refractivity contribution in [3.63, 3.8) is 0 Å². The van der Waals surface area contributed by atoms with Crippen LogP contribution in [-0.4, -0.2) is 24.2 Å². The minimum Gasteiger partial charge on any atom is -0.497 e. The van der Waals surface area contributed by atoms with Crippen molar-refractivity contribution in [3.8, 4) is 5.75 Å². The molecule has 0 bridgehead atoms. The molecule has 0 aliphatic rings. The summed E-state index contributed by atoms with van der Waals surface area (Å²) in [6.45, 7) is 4.89. The van der Waals surface area contributed by atoms with E-state index in [1.165, 1.54) is 6.92 Å². The number of esters is 1. The maximum Gasteiger partial charge on any atom is 0.334 e. The molecule has 19 heavy (non-hydrogen) atoms. The zero-order valence-electron chi connectivity index (χ0n) is 10.9. The lowest BCUT2D eigenvalue weighted by Gasteiger charge is -2.10. The maximum atomic E-state index is 11.6. The minimum absolute atomic E-state index is 0.0637. The average Bonchev–Trinajstić information content (AvgIpc) is 2.43. The Balaban J connectivity index is 2.54. The predicted molar refractivity (Wildman–Crippen MR) is 68.7 cm³/mol. The van der Waals surface area contributed by atoms with Crippen LogP contribution in [0, 0.1) is 5.92 Å². The first-order valence-corrected chi connectivity index (χ1v) is 5.67. The van der Waals surface area contributed by atoms with Crippen molar-refractivity contribution in [2.75, 3.05) is 7.11 Å². The Morgan fingerprint density at radius 3 is 2.37 bits per heavy atom. The molecule has 0 radical (unpaired) electrons. The Bertz CT molecular complexity index is 475. The summed E-state index contributed by atoms with van der Waals surface area (Å²) in [6, 6.07) is 7.01. The number of ether oxygens (including phenoxy) is 2. The zero-order chi connectivity index (χ0) is 14.4. The molecule has 1 unspecified atom stereocenters. The summed E-state index contributed by atoms with van der Waals surface area (Å²) in [5.74, 6) is -2.06. The lowest BCUT2D eigenvalue weighted by Crippen LogP contribution is -2.19. The van der Waals surface area contributed by atoms with Gasteiger partial charge in [-0.1, -0.05) is 18.7 Å². The van der Waals surface area contributed by atoms with Gasteiger partial charge >= 0.3 is 11.9 Å². The van der Waals surface area contributed by atoms with Gasteiger partial charge in [0.2, 0.25) is 0 Å². The van der Waals surface area contributed by atoms with Crippen LogP contribution in [-0.2, 0) is 20.9 Å². The highest BCUT2D eigenvalue weighted by Crippen LogP contribution is 2.14. The van der Waals surface area contributed by atoms with Crippen LogP contribution in [0.3, 0.4) is 0 Å². The Morgan fingerprint density at radius 1 is 1.32 bits per heavy atom. The van der Waals surface area contributed by atoms with Crippen molar-refractivity contribution in [1.82, 2.24) is 0 Å². The standard InChI is InChI=1S/C14H16O5/c1-9(13(15)16)10(2)14(17)19-8-11-4-6-12(18-3)7-5-11/h4-7,9H,2,8H2,1,3H3,(H,15,16). The monoisotopic (exact) mass is 264 g/mol. The third-order valence-electron chi connectivity index (χ3n) is 2.68. The molecule has 0 heterocycles. The van der Waals surface area contributed by atoms with Gasteiger partial charge in [-0.05, 0) is 24.6 Å². The largest absolute Gasteiger partial charge is 0.497 e. The van der Waals surface area contributed by atoms with E-state index in [4.69, 9.17) is 14.6 Å². The van der Waals surface area contributed by atoms with Gasteiger partial charge in [0.05, 0.1) is 13.0 Å². The summed E-state index contributed by atoms with van der Waals surface area (Å²) in [5, 5.41) is 8.76. The molecule has 1 N–H and O–H groups in total. The van der Waals surface area contributed by atoms with Gasteiger partial charge in [-0.25, -0.2) is 4.79 Å². The van der Waals surface area contributed by atoms with E-state index < -0.39 is 17.9 Å². The summed E-state index contributed by atoms with van der Waals surface area (Å²) in [5.41, 5.74) is 0.714. The molecular weight excluding hydrogens is 248 g/mol. The lowest BCUT2D eigenvalue weighted by atomic mass is 10.0. The molecule has 0 saturated heterocycles. The van der Waals surface area contributed by atoms with Crippen LogP contribution in [0.1, 0.15) is 12.5 Å². The number of aliphatic carboxylic acids is 1. The van der Waals surface area contributed by atoms with Gasteiger partial charge in [0, 0.05) is 5.57 Å². The fourth-order valence-corrected chi connectivity index (χ4v) is 1.29. The van der Waals surface area contributed by atoms with E-state index in [9.17, 15) is 9.59 Å². The molecule has 0 aliphatic carbocycles. The number of carbonyl (C=O) groups excluding carboxylic acids is 1. The van der Waals surface area contributed by atoms with Gasteiger partial charge in [-0.3, -0.25) is 4.79 Å². The number of rotatable bonds is 6. The summed E-state index contributed by atoms with van der Waals surface area (Å²) in [7, 11) is 1.56. The van der Waals surface area contributed by atoms with Crippen molar-refractivity contribution in [2.45, 2.75) is 13.5 Å². The number of hydrogen-bond donors (Lipinski definition) is 1. The second kappa shape index (κ2) is 6.58. The number of carboxylic acid groups (broad SMARTS) is 1. The summed E-state index contributed by atoms with van der Waals surface area (Å²) < 4.78 is 10.00.